The van der Waals surface area contributed by atoms with Crippen molar-refractivity contribution in [2.45, 2.75) is 13.2 Å². The van der Waals surface area contributed by atoms with Crippen molar-refractivity contribution in [2.24, 2.45) is 0 Å². The summed E-state index contributed by atoms with van der Waals surface area (Å²) in [6.45, 7) is 0.350. The van der Waals surface area contributed by atoms with E-state index in [4.69, 9.17) is 16.3 Å². The van der Waals surface area contributed by atoms with Crippen LogP contribution in [0.5, 0.6) is 5.75 Å². The number of rotatable bonds is 7. The van der Waals surface area contributed by atoms with Crippen molar-refractivity contribution < 1.29 is 19.2 Å². The zero-order valence-electron chi connectivity index (χ0n) is 17.7. The third-order valence-electron chi connectivity index (χ3n) is 4.95. The van der Waals surface area contributed by atoms with Gasteiger partial charge in [0.2, 0.25) is 0 Å². The van der Waals surface area contributed by atoms with Crippen molar-refractivity contribution in [3.8, 4) is 5.75 Å². The van der Waals surface area contributed by atoms with E-state index in [0.717, 1.165) is 22.9 Å². The van der Waals surface area contributed by atoms with Gasteiger partial charge in [0, 0.05) is 17.2 Å². The summed E-state index contributed by atoms with van der Waals surface area (Å²) in [6.07, 6.45) is 1.65. The molecule has 1 heterocycles. The fraction of sp³-hybridized carbons (Fsp3) is 0.0833. The number of thioether (sulfide) groups is 1. The molecular weight excluding hydrogens is 624 g/mol. The van der Waals surface area contributed by atoms with E-state index < -0.39 is 4.92 Å². The fourth-order valence-corrected chi connectivity index (χ4v) is 5.78. The van der Waals surface area contributed by atoms with Gasteiger partial charge in [-0.2, -0.15) is 0 Å². The summed E-state index contributed by atoms with van der Waals surface area (Å²) in [5.74, 6) is 0.167. The Balaban J connectivity index is 1.47. The van der Waals surface area contributed by atoms with Crippen molar-refractivity contribution in [2.75, 3.05) is 0 Å². The van der Waals surface area contributed by atoms with Crippen molar-refractivity contribution >= 4 is 78.1 Å². The highest BCUT2D eigenvalue weighted by molar-refractivity contribution is 9.11. The highest BCUT2D eigenvalue weighted by Gasteiger charge is 2.35. The number of carbonyl (C=O) groups excluding carboxylic acids is 2. The molecule has 0 N–H and O–H groups in total. The molecule has 0 spiro atoms. The fourth-order valence-electron chi connectivity index (χ4n) is 3.28. The monoisotopic (exact) mass is 636 g/mol. The molecular formula is C24H15Br2ClN2O5S. The number of halogens is 3. The number of benzene rings is 3. The molecule has 1 aliphatic rings. The highest BCUT2D eigenvalue weighted by Crippen LogP contribution is 2.38. The summed E-state index contributed by atoms with van der Waals surface area (Å²) in [5, 5.41) is 11.0. The Morgan fingerprint density at radius 3 is 2.34 bits per heavy atom. The summed E-state index contributed by atoms with van der Waals surface area (Å²) in [7, 11) is 0. The van der Waals surface area contributed by atoms with Crippen LogP contribution in [0.1, 0.15) is 16.7 Å². The Morgan fingerprint density at radius 1 is 1.03 bits per heavy atom. The van der Waals surface area contributed by atoms with Gasteiger partial charge in [0.05, 0.1) is 25.3 Å². The maximum Gasteiger partial charge on any atom is 0.293 e. The molecule has 4 rings (SSSR count). The zero-order chi connectivity index (χ0) is 25.1. The van der Waals surface area contributed by atoms with Gasteiger partial charge in [0.25, 0.3) is 16.8 Å². The van der Waals surface area contributed by atoms with Crippen molar-refractivity contribution in [1.82, 2.24) is 4.90 Å². The first kappa shape index (κ1) is 25.4. The molecule has 3 aromatic rings. The van der Waals surface area contributed by atoms with E-state index in [1.165, 1.54) is 17.0 Å². The number of ether oxygens (including phenoxy) is 1. The first-order valence-electron chi connectivity index (χ1n) is 10.1. The Kier molecular flexibility index (Phi) is 7.95. The second-order valence-electron chi connectivity index (χ2n) is 7.42. The number of carbonyl (C=O) groups is 2. The molecule has 7 nitrogen and oxygen atoms in total. The van der Waals surface area contributed by atoms with Gasteiger partial charge in [-0.3, -0.25) is 24.6 Å². The zero-order valence-corrected chi connectivity index (χ0v) is 22.5. The van der Waals surface area contributed by atoms with Gasteiger partial charge in [-0.15, -0.1) is 0 Å². The third-order valence-corrected chi connectivity index (χ3v) is 7.27. The van der Waals surface area contributed by atoms with Crippen LogP contribution < -0.4 is 4.74 Å². The quantitative estimate of drug-likeness (QED) is 0.151. The molecule has 1 fully saturated rings. The van der Waals surface area contributed by atoms with Crippen LogP contribution in [-0.4, -0.2) is 21.0 Å². The van der Waals surface area contributed by atoms with E-state index in [0.29, 0.717) is 30.2 Å². The van der Waals surface area contributed by atoms with E-state index in [1.54, 1.807) is 48.5 Å². The minimum Gasteiger partial charge on any atom is -0.487 e. The Labute approximate surface area is 226 Å². The van der Waals surface area contributed by atoms with Crippen LogP contribution in [0.25, 0.3) is 6.08 Å². The molecule has 1 saturated heterocycles. The Hall–Kier alpha value is -2.66. The summed E-state index contributed by atoms with van der Waals surface area (Å²) in [6, 6.07) is 16.7. The second-order valence-corrected chi connectivity index (χ2v) is 10.6. The van der Waals surface area contributed by atoms with Crippen LogP contribution in [0.15, 0.2) is 74.5 Å². The number of imide groups is 1. The SMILES string of the molecule is O=C1S/C(=C\c2cc(Br)c(OCc3ccc([N+](=O)[O-])cc3)c(Br)c2)C(=O)N1Cc1cccc(Cl)c1. The molecule has 0 bridgehead atoms. The molecule has 0 aromatic heterocycles. The van der Waals surface area contributed by atoms with Crippen LogP contribution in [0, 0.1) is 10.1 Å². The van der Waals surface area contributed by atoms with Gasteiger partial charge >= 0.3 is 0 Å². The van der Waals surface area contributed by atoms with Crippen molar-refractivity contribution in [3.63, 3.8) is 0 Å². The van der Waals surface area contributed by atoms with Gasteiger partial charge in [-0.25, -0.2) is 0 Å². The van der Waals surface area contributed by atoms with Crippen LogP contribution in [-0.2, 0) is 17.9 Å². The summed E-state index contributed by atoms with van der Waals surface area (Å²) in [4.78, 5) is 37.2. The molecule has 0 aliphatic carbocycles. The number of hydrogen-bond acceptors (Lipinski definition) is 6. The van der Waals surface area contributed by atoms with E-state index in [-0.39, 0.29) is 30.0 Å². The highest BCUT2D eigenvalue weighted by atomic mass is 79.9. The third kappa shape index (κ3) is 6.13. The number of nitrogens with zero attached hydrogens (tertiary/aromatic N) is 2. The lowest BCUT2D eigenvalue weighted by molar-refractivity contribution is -0.384. The number of amides is 2. The lowest BCUT2D eigenvalue weighted by atomic mass is 10.2. The van der Waals surface area contributed by atoms with Gasteiger partial charge in [-0.1, -0.05) is 23.7 Å². The second kappa shape index (κ2) is 10.9. The molecule has 1 aliphatic heterocycles. The first-order valence-corrected chi connectivity index (χ1v) is 12.8. The minimum atomic E-state index is -0.456. The molecule has 35 heavy (non-hydrogen) atoms. The lowest BCUT2D eigenvalue weighted by Gasteiger charge is -2.13. The van der Waals surface area contributed by atoms with Gasteiger partial charge in [0.1, 0.15) is 12.4 Å². The average molecular weight is 639 g/mol. The standard InChI is InChI=1S/C24H15Br2ClN2O5S/c25-19-9-16(10-20(26)22(19)34-13-14-4-6-18(7-5-14)29(32)33)11-21-23(30)28(24(31)35-21)12-15-2-1-3-17(27)8-15/h1-11H,12-13H2/b21-11-. The number of non-ortho nitro benzene ring substituents is 1. The molecule has 0 radical (unpaired) electrons. The Morgan fingerprint density at radius 2 is 1.71 bits per heavy atom. The molecule has 0 unspecified atom stereocenters. The molecule has 178 valence electrons. The molecule has 2 amide bonds. The predicted octanol–water partition coefficient (Wildman–Crippen LogP) is 7.59. The average Bonchev–Trinajstić information content (AvgIpc) is 3.06. The van der Waals surface area contributed by atoms with Gasteiger partial charge in [-0.05, 0) is 103 Å². The number of nitro groups is 1. The summed E-state index contributed by atoms with van der Waals surface area (Å²) in [5.41, 5.74) is 2.24. The van der Waals surface area contributed by atoms with Gasteiger partial charge < -0.3 is 4.74 Å². The molecule has 0 saturated carbocycles. The summed E-state index contributed by atoms with van der Waals surface area (Å²) < 4.78 is 7.16. The topological polar surface area (TPSA) is 89.7 Å². The van der Waals surface area contributed by atoms with Crippen LogP contribution >= 0.6 is 55.2 Å². The largest absolute Gasteiger partial charge is 0.487 e. The lowest BCUT2D eigenvalue weighted by Crippen LogP contribution is -2.27. The normalized spacial score (nSPS) is 14.6. The maximum atomic E-state index is 12.9. The van der Waals surface area contributed by atoms with E-state index in [9.17, 15) is 19.7 Å². The van der Waals surface area contributed by atoms with Gasteiger partial charge in [0.15, 0.2) is 0 Å². The minimum absolute atomic E-state index is 0.0115. The summed E-state index contributed by atoms with van der Waals surface area (Å²) >= 11 is 13.9. The van der Waals surface area contributed by atoms with Crippen molar-refractivity contribution in [1.29, 1.82) is 0 Å². The molecule has 3 aromatic carbocycles. The molecule has 11 heteroatoms. The predicted molar refractivity (Wildman–Crippen MR) is 142 cm³/mol. The van der Waals surface area contributed by atoms with E-state index >= 15 is 0 Å². The van der Waals surface area contributed by atoms with Crippen LogP contribution in [0.4, 0.5) is 10.5 Å². The van der Waals surface area contributed by atoms with Crippen LogP contribution in [0.2, 0.25) is 5.02 Å². The first-order chi connectivity index (χ1) is 16.7. The molecule has 0 atom stereocenters. The smallest absolute Gasteiger partial charge is 0.293 e. The number of hydrogen-bond donors (Lipinski definition) is 0. The number of nitro benzene ring substituents is 1. The van der Waals surface area contributed by atoms with Crippen molar-refractivity contribution in [3.05, 3.63) is 106 Å². The van der Waals surface area contributed by atoms with E-state index in [2.05, 4.69) is 31.9 Å². The van der Waals surface area contributed by atoms with E-state index in [1.807, 2.05) is 6.07 Å². The maximum absolute atomic E-state index is 12.9. The Bertz CT molecular complexity index is 1340. The van der Waals surface area contributed by atoms with Crippen LogP contribution in [0.3, 0.4) is 0 Å².